The molecule has 0 spiro atoms. The molecule has 0 saturated carbocycles. The molecular formula is C13H28N2O. The number of hydrogen-bond acceptors (Lipinski definition) is 3. The lowest BCUT2D eigenvalue weighted by atomic mass is 10.2. The molecule has 0 aromatic heterocycles. The third-order valence-corrected chi connectivity index (χ3v) is 2.99. The van der Waals surface area contributed by atoms with Gasteiger partial charge >= 0.3 is 0 Å². The van der Waals surface area contributed by atoms with E-state index in [4.69, 9.17) is 4.74 Å². The van der Waals surface area contributed by atoms with Crippen molar-refractivity contribution in [3.63, 3.8) is 0 Å². The van der Waals surface area contributed by atoms with Crippen LogP contribution in [-0.4, -0.2) is 38.4 Å². The lowest BCUT2D eigenvalue weighted by Gasteiger charge is -2.17. The molecule has 0 aromatic rings. The Morgan fingerprint density at radius 2 is 2.06 bits per heavy atom. The highest BCUT2D eigenvalue weighted by Gasteiger charge is 2.14. The summed E-state index contributed by atoms with van der Waals surface area (Å²) in [6, 6.07) is 0.556. The van der Waals surface area contributed by atoms with Crippen LogP contribution in [0.4, 0.5) is 0 Å². The first kappa shape index (κ1) is 13.9. The molecule has 0 aliphatic carbocycles. The maximum atomic E-state index is 5.59. The highest BCUT2D eigenvalue weighted by Crippen LogP contribution is 2.14. The van der Waals surface area contributed by atoms with Gasteiger partial charge in [-0.1, -0.05) is 13.8 Å². The third-order valence-electron chi connectivity index (χ3n) is 2.99. The highest BCUT2D eigenvalue weighted by atomic mass is 16.5. The maximum absolute atomic E-state index is 5.59. The van der Waals surface area contributed by atoms with Crippen LogP contribution in [0.3, 0.4) is 0 Å². The molecule has 2 unspecified atom stereocenters. The van der Waals surface area contributed by atoms with E-state index in [-0.39, 0.29) is 0 Å². The summed E-state index contributed by atoms with van der Waals surface area (Å²) in [5.41, 5.74) is 0. The van der Waals surface area contributed by atoms with Gasteiger partial charge in [0, 0.05) is 19.2 Å². The quantitative estimate of drug-likeness (QED) is 0.664. The second-order valence-electron chi connectivity index (χ2n) is 5.33. The minimum atomic E-state index is 0.517. The summed E-state index contributed by atoms with van der Waals surface area (Å²) in [6.07, 6.45) is 4.18. The smallest absolute Gasteiger partial charge is 0.0588 e. The second-order valence-corrected chi connectivity index (χ2v) is 5.33. The van der Waals surface area contributed by atoms with Gasteiger partial charge in [-0.25, -0.2) is 0 Å². The van der Waals surface area contributed by atoms with Crippen LogP contribution in [0.5, 0.6) is 0 Å². The van der Waals surface area contributed by atoms with Crippen molar-refractivity contribution in [2.45, 2.75) is 52.2 Å². The van der Waals surface area contributed by atoms with Gasteiger partial charge in [-0.05, 0) is 45.2 Å². The molecule has 1 fully saturated rings. The van der Waals surface area contributed by atoms with E-state index in [0.29, 0.717) is 12.1 Å². The van der Waals surface area contributed by atoms with Crippen molar-refractivity contribution in [2.75, 3.05) is 26.2 Å². The largest absolute Gasteiger partial charge is 0.378 e. The van der Waals surface area contributed by atoms with Crippen LogP contribution in [-0.2, 0) is 4.74 Å². The molecule has 1 heterocycles. The van der Waals surface area contributed by atoms with Gasteiger partial charge in [0.15, 0.2) is 0 Å². The fourth-order valence-electron chi connectivity index (χ4n) is 2.02. The van der Waals surface area contributed by atoms with Gasteiger partial charge in [0.1, 0.15) is 0 Å². The summed E-state index contributed by atoms with van der Waals surface area (Å²) < 4.78 is 5.59. The van der Waals surface area contributed by atoms with Crippen LogP contribution in [0.25, 0.3) is 0 Å². The minimum absolute atomic E-state index is 0.517. The normalized spacial score (nSPS) is 22.9. The van der Waals surface area contributed by atoms with Crippen molar-refractivity contribution in [2.24, 2.45) is 5.92 Å². The summed E-state index contributed by atoms with van der Waals surface area (Å²) in [6.45, 7) is 10.9. The number of ether oxygens (including phenoxy) is 1. The number of hydrogen-bond donors (Lipinski definition) is 2. The molecule has 1 aliphatic rings. The second kappa shape index (κ2) is 8.04. The first-order chi connectivity index (χ1) is 7.68. The van der Waals surface area contributed by atoms with E-state index >= 15 is 0 Å². The summed E-state index contributed by atoms with van der Waals surface area (Å²) in [5, 5.41) is 7.01. The van der Waals surface area contributed by atoms with E-state index in [1.807, 2.05) is 0 Å². The van der Waals surface area contributed by atoms with Gasteiger partial charge in [0.2, 0.25) is 0 Å². The Morgan fingerprint density at radius 1 is 1.25 bits per heavy atom. The molecule has 0 aromatic carbocycles. The predicted molar refractivity (Wildman–Crippen MR) is 68.8 cm³/mol. The number of nitrogens with one attached hydrogen (secondary N) is 2. The van der Waals surface area contributed by atoms with Crippen molar-refractivity contribution in [1.82, 2.24) is 10.6 Å². The fourth-order valence-corrected chi connectivity index (χ4v) is 2.02. The van der Waals surface area contributed by atoms with Gasteiger partial charge in [-0.15, -0.1) is 0 Å². The minimum Gasteiger partial charge on any atom is -0.378 e. The Kier molecular flexibility index (Phi) is 7.01. The van der Waals surface area contributed by atoms with Gasteiger partial charge in [-0.3, -0.25) is 0 Å². The molecule has 3 heteroatoms. The summed E-state index contributed by atoms with van der Waals surface area (Å²) in [7, 11) is 0. The SMILES string of the molecule is CC(C)CNCC(C)NCCC1CCCO1. The third kappa shape index (κ3) is 6.46. The van der Waals surface area contributed by atoms with Crippen LogP contribution in [0, 0.1) is 5.92 Å². The molecule has 0 radical (unpaired) electrons. The zero-order valence-electron chi connectivity index (χ0n) is 11.1. The summed E-state index contributed by atoms with van der Waals surface area (Å²) >= 11 is 0. The fraction of sp³-hybridized carbons (Fsp3) is 1.00. The molecule has 2 N–H and O–H groups in total. The number of rotatable bonds is 8. The molecule has 16 heavy (non-hydrogen) atoms. The summed E-state index contributed by atoms with van der Waals surface area (Å²) in [5.74, 6) is 0.735. The molecule has 2 atom stereocenters. The molecule has 3 nitrogen and oxygen atoms in total. The van der Waals surface area contributed by atoms with Crippen LogP contribution >= 0.6 is 0 Å². The predicted octanol–water partition coefficient (Wildman–Crippen LogP) is 1.78. The van der Waals surface area contributed by atoms with Gasteiger partial charge < -0.3 is 15.4 Å². The average molecular weight is 228 g/mol. The van der Waals surface area contributed by atoms with Crippen molar-refractivity contribution in [3.05, 3.63) is 0 Å². The molecule has 0 bridgehead atoms. The molecule has 1 aliphatic heterocycles. The lowest BCUT2D eigenvalue weighted by molar-refractivity contribution is 0.103. The molecule has 1 saturated heterocycles. The van der Waals surface area contributed by atoms with Crippen LogP contribution in [0.15, 0.2) is 0 Å². The van der Waals surface area contributed by atoms with Crippen molar-refractivity contribution in [3.8, 4) is 0 Å². The topological polar surface area (TPSA) is 33.3 Å². The van der Waals surface area contributed by atoms with Gasteiger partial charge in [0.05, 0.1) is 6.10 Å². The van der Waals surface area contributed by atoms with Crippen LogP contribution in [0.2, 0.25) is 0 Å². The van der Waals surface area contributed by atoms with E-state index in [0.717, 1.165) is 38.6 Å². The first-order valence-electron chi connectivity index (χ1n) is 6.74. The average Bonchev–Trinajstić information content (AvgIpc) is 2.70. The molecule has 96 valence electrons. The van der Waals surface area contributed by atoms with E-state index in [2.05, 4.69) is 31.4 Å². The van der Waals surface area contributed by atoms with Crippen molar-refractivity contribution in [1.29, 1.82) is 0 Å². The van der Waals surface area contributed by atoms with Gasteiger partial charge in [0.25, 0.3) is 0 Å². The molecule has 0 amide bonds. The van der Waals surface area contributed by atoms with E-state index in [9.17, 15) is 0 Å². The first-order valence-corrected chi connectivity index (χ1v) is 6.74. The summed E-state index contributed by atoms with van der Waals surface area (Å²) in [4.78, 5) is 0. The lowest BCUT2D eigenvalue weighted by Crippen LogP contribution is -2.38. The van der Waals surface area contributed by atoms with E-state index in [1.165, 1.54) is 12.8 Å². The van der Waals surface area contributed by atoms with Crippen LogP contribution in [0.1, 0.15) is 40.0 Å². The van der Waals surface area contributed by atoms with Gasteiger partial charge in [-0.2, -0.15) is 0 Å². The molecule has 1 rings (SSSR count). The molecular weight excluding hydrogens is 200 g/mol. The zero-order valence-corrected chi connectivity index (χ0v) is 11.1. The van der Waals surface area contributed by atoms with Crippen LogP contribution < -0.4 is 10.6 Å². The Hall–Kier alpha value is -0.120. The Labute approximate surface area is 100 Å². The van der Waals surface area contributed by atoms with Crippen molar-refractivity contribution < 1.29 is 4.74 Å². The monoisotopic (exact) mass is 228 g/mol. The Morgan fingerprint density at radius 3 is 2.69 bits per heavy atom. The Balaban J connectivity index is 1.91. The Bertz CT molecular complexity index is 167. The maximum Gasteiger partial charge on any atom is 0.0588 e. The van der Waals surface area contributed by atoms with E-state index in [1.54, 1.807) is 0 Å². The highest BCUT2D eigenvalue weighted by molar-refractivity contribution is 4.69. The zero-order chi connectivity index (χ0) is 11.8. The standard InChI is InChI=1S/C13H28N2O/c1-11(2)9-14-10-12(3)15-7-6-13-5-4-8-16-13/h11-15H,4-10H2,1-3H3. The van der Waals surface area contributed by atoms with E-state index < -0.39 is 0 Å². The van der Waals surface area contributed by atoms with Crippen molar-refractivity contribution >= 4 is 0 Å².